The molecule has 1 aliphatic heterocycles. The maximum Gasteiger partial charge on any atom is 0.266 e. The summed E-state index contributed by atoms with van der Waals surface area (Å²) in [6, 6.07) is 16.1. The molecule has 22 heavy (non-hydrogen) atoms. The van der Waals surface area contributed by atoms with Gasteiger partial charge in [-0.25, -0.2) is 0 Å². The van der Waals surface area contributed by atoms with E-state index in [1.165, 1.54) is 6.08 Å². The number of nitrogens with zero attached hydrogens (tertiary/aromatic N) is 1. The quantitative estimate of drug-likeness (QED) is 0.697. The zero-order chi connectivity index (χ0) is 15.4. The number of nitrogens with one attached hydrogen (secondary N) is 1. The highest BCUT2D eigenvalue weighted by atomic mass is 16.7. The Kier molecular flexibility index (Phi) is 3.75. The molecule has 0 aromatic heterocycles. The molecule has 0 unspecified atom stereocenters. The molecule has 0 saturated carbocycles. The van der Waals surface area contributed by atoms with Crippen molar-refractivity contribution in [2.24, 2.45) is 0 Å². The summed E-state index contributed by atoms with van der Waals surface area (Å²) in [6.45, 7) is 0.183. The fourth-order valence-electron chi connectivity index (χ4n) is 2.04. The minimum Gasteiger partial charge on any atom is -0.454 e. The van der Waals surface area contributed by atoms with Crippen LogP contribution in [0.4, 0.5) is 5.69 Å². The van der Waals surface area contributed by atoms with Crippen molar-refractivity contribution >= 4 is 17.7 Å². The Balaban J connectivity index is 1.81. The van der Waals surface area contributed by atoms with Gasteiger partial charge in [-0.1, -0.05) is 24.3 Å². The Labute approximate surface area is 127 Å². The molecule has 2 aromatic rings. The van der Waals surface area contributed by atoms with Crippen LogP contribution in [0.15, 0.2) is 54.1 Å². The smallest absolute Gasteiger partial charge is 0.266 e. The topological polar surface area (TPSA) is 71.3 Å². The van der Waals surface area contributed by atoms with Crippen LogP contribution in [0, 0.1) is 11.3 Å². The van der Waals surface area contributed by atoms with E-state index in [2.05, 4.69) is 5.32 Å². The summed E-state index contributed by atoms with van der Waals surface area (Å²) in [5.74, 6) is 0.810. The molecule has 108 valence electrons. The van der Waals surface area contributed by atoms with Crippen LogP contribution in [0.25, 0.3) is 6.08 Å². The third-order valence-electron chi connectivity index (χ3n) is 3.10. The van der Waals surface area contributed by atoms with E-state index in [0.717, 1.165) is 0 Å². The van der Waals surface area contributed by atoms with Gasteiger partial charge in [0.05, 0.1) is 0 Å². The van der Waals surface area contributed by atoms with Crippen molar-refractivity contribution in [2.45, 2.75) is 0 Å². The van der Waals surface area contributed by atoms with E-state index < -0.39 is 5.91 Å². The maximum absolute atomic E-state index is 12.1. The third-order valence-corrected chi connectivity index (χ3v) is 3.10. The van der Waals surface area contributed by atoms with E-state index in [0.29, 0.717) is 22.7 Å². The summed E-state index contributed by atoms with van der Waals surface area (Å²) < 4.78 is 10.5. The predicted octanol–water partition coefficient (Wildman–Crippen LogP) is 2.96. The fraction of sp³-hybridized carbons (Fsp3) is 0.0588. The molecule has 0 bridgehead atoms. The number of nitriles is 1. The number of para-hydroxylation sites is 1. The fourth-order valence-corrected chi connectivity index (χ4v) is 2.04. The second kappa shape index (κ2) is 6.02. The second-order valence-corrected chi connectivity index (χ2v) is 4.60. The number of carbonyl (C=O) groups excluding carboxylic acids is 1. The van der Waals surface area contributed by atoms with Gasteiger partial charge >= 0.3 is 0 Å². The van der Waals surface area contributed by atoms with E-state index in [1.54, 1.807) is 30.3 Å². The van der Waals surface area contributed by atoms with Gasteiger partial charge in [-0.3, -0.25) is 4.79 Å². The van der Waals surface area contributed by atoms with Gasteiger partial charge in [0, 0.05) is 5.69 Å². The molecule has 0 radical (unpaired) electrons. The highest BCUT2D eigenvalue weighted by Crippen LogP contribution is 2.33. The zero-order valence-electron chi connectivity index (χ0n) is 11.6. The minimum atomic E-state index is -0.452. The summed E-state index contributed by atoms with van der Waals surface area (Å²) in [7, 11) is 0. The van der Waals surface area contributed by atoms with Crippen LogP contribution in [0.5, 0.6) is 11.5 Å². The van der Waals surface area contributed by atoms with Gasteiger partial charge in [0.15, 0.2) is 11.5 Å². The van der Waals surface area contributed by atoms with Crippen LogP contribution in [0.2, 0.25) is 0 Å². The first-order valence-electron chi connectivity index (χ1n) is 6.64. The number of hydrogen-bond acceptors (Lipinski definition) is 4. The summed E-state index contributed by atoms with van der Waals surface area (Å²) in [5.41, 5.74) is 1.35. The van der Waals surface area contributed by atoms with Crippen molar-refractivity contribution in [1.82, 2.24) is 0 Å². The third kappa shape index (κ3) is 2.91. The van der Waals surface area contributed by atoms with E-state index >= 15 is 0 Å². The number of amides is 1. The standard InChI is InChI=1S/C17H12N2O3/c18-10-13(17(20)19-14-4-2-1-3-5-14)8-12-6-7-15-16(9-12)22-11-21-15/h1-9H,11H2,(H,19,20)/b13-8-. The molecule has 2 aromatic carbocycles. The van der Waals surface area contributed by atoms with Crippen LogP contribution in [-0.2, 0) is 4.79 Å². The minimum absolute atomic E-state index is 0.0164. The van der Waals surface area contributed by atoms with Crippen molar-refractivity contribution in [2.75, 3.05) is 12.1 Å². The summed E-state index contributed by atoms with van der Waals surface area (Å²) in [4.78, 5) is 12.1. The van der Waals surface area contributed by atoms with E-state index in [4.69, 9.17) is 9.47 Å². The zero-order valence-corrected chi connectivity index (χ0v) is 11.6. The average Bonchev–Trinajstić information content (AvgIpc) is 3.01. The molecule has 5 heteroatoms. The van der Waals surface area contributed by atoms with Crippen LogP contribution < -0.4 is 14.8 Å². The number of fused-ring (bicyclic) bond motifs is 1. The molecule has 0 aliphatic carbocycles. The number of benzene rings is 2. The van der Waals surface area contributed by atoms with E-state index in [-0.39, 0.29) is 12.4 Å². The molecule has 0 spiro atoms. The van der Waals surface area contributed by atoms with Crippen LogP contribution in [0.1, 0.15) is 5.56 Å². The number of hydrogen-bond donors (Lipinski definition) is 1. The molecule has 3 rings (SSSR count). The van der Waals surface area contributed by atoms with Crippen LogP contribution in [0.3, 0.4) is 0 Å². The molecule has 1 N–H and O–H groups in total. The van der Waals surface area contributed by atoms with Crippen LogP contribution >= 0.6 is 0 Å². The monoisotopic (exact) mass is 292 g/mol. The number of carbonyl (C=O) groups is 1. The highest BCUT2D eigenvalue weighted by molar-refractivity contribution is 6.09. The first kappa shape index (κ1) is 13.7. The summed E-state index contributed by atoms with van der Waals surface area (Å²) in [5, 5.41) is 11.9. The van der Waals surface area contributed by atoms with Crippen molar-refractivity contribution in [3.8, 4) is 17.6 Å². The van der Waals surface area contributed by atoms with Crippen molar-refractivity contribution < 1.29 is 14.3 Å². The summed E-state index contributed by atoms with van der Waals surface area (Å²) in [6.07, 6.45) is 1.51. The maximum atomic E-state index is 12.1. The van der Waals surface area contributed by atoms with Gasteiger partial charge in [0.1, 0.15) is 11.6 Å². The summed E-state index contributed by atoms with van der Waals surface area (Å²) >= 11 is 0. The first-order valence-corrected chi connectivity index (χ1v) is 6.64. The Bertz CT molecular complexity index is 776. The molecule has 1 aliphatic rings. The lowest BCUT2D eigenvalue weighted by Gasteiger charge is -2.04. The molecule has 0 saturated heterocycles. The Hall–Kier alpha value is -3.26. The molecular weight excluding hydrogens is 280 g/mol. The van der Waals surface area contributed by atoms with Crippen molar-refractivity contribution in [3.63, 3.8) is 0 Å². The van der Waals surface area contributed by atoms with Gasteiger partial charge < -0.3 is 14.8 Å². The molecule has 0 fully saturated rings. The number of ether oxygens (including phenoxy) is 2. The van der Waals surface area contributed by atoms with E-state index in [1.807, 2.05) is 24.3 Å². The lowest BCUT2D eigenvalue weighted by Crippen LogP contribution is -2.13. The molecule has 0 atom stereocenters. The number of rotatable bonds is 3. The largest absolute Gasteiger partial charge is 0.454 e. The van der Waals surface area contributed by atoms with Crippen LogP contribution in [-0.4, -0.2) is 12.7 Å². The lowest BCUT2D eigenvalue weighted by molar-refractivity contribution is -0.112. The Morgan fingerprint density at radius 1 is 1.14 bits per heavy atom. The van der Waals surface area contributed by atoms with Crippen molar-refractivity contribution in [3.05, 3.63) is 59.7 Å². The van der Waals surface area contributed by atoms with Gasteiger partial charge in [-0.15, -0.1) is 0 Å². The lowest BCUT2D eigenvalue weighted by atomic mass is 10.1. The highest BCUT2D eigenvalue weighted by Gasteiger charge is 2.14. The second-order valence-electron chi connectivity index (χ2n) is 4.60. The van der Waals surface area contributed by atoms with Gasteiger partial charge in [0.25, 0.3) is 5.91 Å². The normalized spacial score (nSPS) is 12.6. The average molecular weight is 292 g/mol. The van der Waals surface area contributed by atoms with Gasteiger partial charge in [-0.05, 0) is 35.9 Å². The SMILES string of the molecule is N#C/C(=C/c1ccc2c(c1)OCO2)C(=O)Nc1ccccc1. The molecule has 1 amide bonds. The van der Waals surface area contributed by atoms with E-state index in [9.17, 15) is 10.1 Å². The predicted molar refractivity (Wildman–Crippen MR) is 81.2 cm³/mol. The first-order chi connectivity index (χ1) is 10.8. The van der Waals surface area contributed by atoms with Crippen molar-refractivity contribution in [1.29, 1.82) is 5.26 Å². The van der Waals surface area contributed by atoms with Gasteiger partial charge in [0.2, 0.25) is 6.79 Å². The Morgan fingerprint density at radius 2 is 1.91 bits per heavy atom. The van der Waals surface area contributed by atoms with Gasteiger partial charge in [-0.2, -0.15) is 5.26 Å². The molecule has 5 nitrogen and oxygen atoms in total. The molecule has 1 heterocycles. The Morgan fingerprint density at radius 3 is 2.68 bits per heavy atom. The molecular formula is C17H12N2O3. The number of anilines is 1.